The fourth-order valence-electron chi connectivity index (χ4n) is 1.45. The van der Waals surface area contributed by atoms with E-state index in [9.17, 15) is 4.79 Å². The highest BCUT2D eigenvalue weighted by molar-refractivity contribution is 6.30. The molecule has 16 heavy (non-hydrogen) atoms. The summed E-state index contributed by atoms with van der Waals surface area (Å²) in [6.45, 7) is 0. The van der Waals surface area contributed by atoms with E-state index in [1.54, 1.807) is 22.9 Å². The van der Waals surface area contributed by atoms with Gasteiger partial charge in [-0.25, -0.2) is 4.98 Å². The molecule has 0 aliphatic heterocycles. The molecule has 0 unspecified atom stereocenters. The van der Waals surface area contributed by atoms with Crippen molar-refractivity contribution >= 4 is 17.5 Å². The maximum absolute atomic E-state index is 11.0. The van der Waals surface area contributed by atoms with Crippen LogP contribution >= 0.6 is 11.6 Å². The predicted molar refractivity (Wildman–Crippen MR) is 62.2 cm³/mol. The van der Waals surface area contributed by atoms with Gasteiger partial charge in [0.25, 0.3) is 5.91 Å². The van der Waals surface area contributed by atoms with Crippen LogP contribution in [0.25, 0.3) is 11.4 Å². The molecule has 1 aromatic heterocycles. The Bertz CT molecular complexity index is 531. The number of nitrogens with zero attached hydrogens (tertiary/aromatic N) is 2. The fraction of sp³-hybridized carbons (Fsp3) is 0.0909. The summed E-state index contributed by atoms with van der Waals surface area (Å²) in [6.07, 6.45) is 1.60. The number of hydrogen-bond acceptors (Lipinski definition) is 2. The third-order valence-electron chi connectivity index (χ3n) is 2.23. The average Bonchev–Trinajstić information content (AvgIpc) is 2.62. The summed E-state index contributed by atoms with van der Waals surface area (Å²) in [5.74, 6) is 0.154. The quantitative estimate of drug-likeness (QED) is 0.864. The Morgan fingerprint density at radius 1 is 1.38 bits per heavy atom. The standard InChI is InChI=1S/C11H10ClN3O/c1-15-6-9(10(13)16)14-11(15)7-2-4-8(12)5-3-7/h2-6H,1H3,(H2,13,16). The van der Waals surface area contributed by atoms with Gasteiger partial charge in [-0.2, -0.15) is 0 Å². The largest absolute Gasteiger partial charge is 0.364 e. The maximum Gasteiger partial charge on any atom is 0.268 e. The molecular weight excluding hydrogens is 226 g/mol. The molecule has 2 aromatic rings. The summed E-state index contributed by atoms with van der Waals surface area (Å²) in [6, 6.07) is 7.23. The van der Waals surface area contributed by atoms with Gasteiger partial charge in [0.2, 0.25) is 0 Å². The molecule has 0 saturated carbocycles. The maximum atomic E-state index is 11.0. The number of halogens is 1. The van der Waals surface area contributed by atoms with Gasteiger partial charge in [-0.05, 0) is 24.3 Å². The van der Waals surface area contributed by atoms with E-state index in [0.29, 0.717) is 10.8 Å². The lowest BCUT2D eigenvalue weighted by molar-refractivity contribution is 0.0996. The van der Waals surface area contributed by atoms with E-state index in [-0.39, 0.29) is 5.69 Å². The zero-order chi connectivity index (χ0) is 11.7. The summed E-state index contributed by atoms with van der Waals surface area (Å²) in [4.78, 5) is 15.1. The van der Waals surface area contributed by atoms with Crippen LogP contribution in [0.1, 0.15) is 10.5 Å². The van der Waals surface area contributed by atoms with E-state index in [0.717, 1.165) is 5.56 Å². The average molecular weight is 236 g/mol. The smallest absolute Gasteiger partial charge is 0.268 e. The van der Waals surface area contributed by atoms with Crippen LogP contribution in [0, 0.1) is 0 Å². The van der Waals surface area contributed by atoms with E-state index in [4.69, 9.17) is 17.3 Å². The molecule has 0 aliphatic carbocycles. The summed E-state index contributed by atoms with van der Waals surface area (Å²) < 4.78 is 1.75. The van der Waals surface area contributed by atoms with E-state index in [1.807, 2.05) is 19.2 Å². The Balaban J connectivity index is 2.47. The van der Waals surface area contributed by atoms with Crippen molar-refractivity contribution in [3.63, 3.8) is 0 Å². The van der Waals surface area contributed by atoms with E-state index >= 15 is 0 Å². The third kappa shape index (κ3) is 1.92. The number of rotatable bonds is 2. The first kappa shape index (κ1) is 10.7. The van der Waals surface area contributed by atoms with Gasteiger partial charge in [-0.15, -0.1) is 0 Å². The first-order chi connectivity index (χ1) is 7.58. The van der Waals surface area contributed by atoms with Gasteiger partial charge in [0.05, 0.1) is 0 Å². The number of hydrogen-bond donors (Lipinski definition) is 1. The van der Waals surface area contributed by atoms with Gasteiger partial charge >= 0.3 is 0 Å². The highest BCUT2D eigenvalue weighted by Gasteiger charge is 2.10. The molecule has 82 valence electrons. The van der Waals surface area contributed by atoms with Gasteiger partial charge in [0.15, 0.2) is 0 Å². The Kier molecular flexibility index (Phi) is 2.66. The number of benzene rings is 1. The van der Waals surface area contributed by atoms with Crippen LogP contribution < -0.4 is 5.73 Å². The van der Waals surface area contributed by atoms with Crippen LogP contribution in [0.4, 0.5) is 0 Å². The second kappa shape index (κ2) is 3.98. The molecule has 0 radical (unpaired) electrons. The molecule has 1 heterocycles. The van der Waals surface area contributed by atoms with Crippen LogP contribution in [0.2, 0.25) is 5.02 Å². The van der Waals surface area contributed by atoms with Crippen molar-refractivity contribution in [1.29, 1.82) is 0 Å². The van der Waals surface area contributed by atoms with Crippen LogP contribution in [0.3, 0.4) is 0 Å². The predicted octanol–water partition coefficient (Wildman–Crippen LogP) is 1.84. The van der Waals surface area contributed by atoms with Crippen molar-refractivity contribution < 1.29 is 4.79 Å². The molecule has 0 fully saturated rings. The summed E-state index contributed by atoms with van der Waals surface area (Å²) in [5.41, 5.74) is 6.31. The van der Waals surface area contributed by atoms with Gasteiger partial charge in [0, 0.05) is 23.8 Å². The number of aromatic nitrogens is 2. The van der Waals surface area contributed by atoms with Crippen molar-refractivity contribution in [3.8, 4) is 11.4 Å². The Labute approximate surface area is 97.7 Å². The van der Waals surface area contributed by atoms with Crippen LogP contribution in [-0.2, 0) is 7.05 Å². The van der Waals surface area contributed by atoms with Crippen molar-refractivity contribution in [2.45, 2.75) is 0 Å². The minimum atomic E-state index is -0.532. The van der Waals surface area contributed by atoms with E-state index < -0.39 is 5.91 Å². The minimum absolute atomic E-state index is 0.257. The van der Waals surface area contributed by atoms with E-state index in [2.05, 4.69) is 4.98 Å². The molecule has 0 atom stereocenters. The molecule has 0 saturated heterocycles. The van der Waals surface area contributed by atoms with Gasteiger partial charge in [-0.3, -0.25) is 4.79 Å². The zero-order valence-electron chi connectivity index (χ0n) is 8.64. The first-order valence-electron chi connectivity index (χ1n) is 4.67. The minimum Gasteiger partial charge on any atom is -0.364 e. The molecular formula is C11H10ClN3O. The van der Waals surface area contributed by atoms with Crippen LogP contribution in [0.5, 0.6) is 0 Å². The topological polar surface area (TPSA) is 60.9 Å². The molecule has 0 bridgehead atoms. The number of nitrogens with two attached hydrogens (primary N) is 1. The zero-order valence-corrected chi connectivity index (χ0v) is 9.40. The molecule has 4 nitrogen and oxygen atoms in total. The van der Waals surface area contributed by atoms with Gasteiger partial charge in [-0.1, -0.05) is 11.6 Å². The van der Waals surface area contributed by atoms with Gasteiger partial charge < -0.3 is 10.3 Å². The Morgan fingerprint density at radius 3 is 2.50 bits per heavy atom. The summed E-state index contributed by atoms with van der Waals surface area (Å²) in [5, 5.41) is 0.660. The lowest BCUT2D eigenvalue weighted by Gasteiger charge is -2.00. The Morgan fingerprint density at radius 2 is 2.00 bits per heavy atom. The van der Waals surface area contributed by atoms with Crippen LogP contribution in [-0.4, -0.2) is 15.5 Å². The van der Waals surface area contributed by atoms with Crippen molar-refractivity contribution in [2.75, 3.05) is 0 Å². The molecule has 1 amide bonds. The summed E-state index contributed by atoms with van der Waals surface area (Å²) in [7, 11) is 1.81. The Hall–Kier alpha value is -1.81. The van der Waals surface area contributed by atoms with Gasteiger partial charge in [0.1, 0.15) is 11.5 Å². The monoisotopic (exact) mass is 235 g/mol. The molecule has 5 heteroatoms. The lowest BCUT2D eigenvalue weighted by Crippen LogP contribution is -2.11. The number of aryl methyl sites for hydroxylation is 1. The number of carbonyl (C=O) groups is 1. The molecule has 0 spiro atoms. The van der Waals surface area contributed by atoms with E-state index in [1.165, 1.54) is 0 Å². The van der Waals surface area contributed by atoms with Crippen molar-refractivity contribution in [1.82, 2.24) is 9.55 Å². The SMILES string of the molecule is Cn1cc(C(N)=O)nc1-c1ccc(Cl)cc1. The highest BCUT2D eigenvalue weighted by Crippen LogP contribution is 2.20. The molecule has 2 rings (SSSR count). The molecule has 2 N–H and O–H groups in total. The lowest BCUT2D eigenvalue weighted by atomic mass is 10.2. The number of primary amides is 1. The molecule has 0 aliphatic rings. The normalized spacial score (nSPS) is 10.4. The summed E-state index contributed by atoms with van der Waals surface area (Å²) >= 11 is 5.79. The number of amides is 1. The third-order valence-corrected chi connectivity index (χ3v) is 2.48. The fourth-order valence-corrected chi connectivity index (χ4v) is 1.58. The highest BCUT2D eigenvalue weighted by atomic mass is 35.5. The second-order valence-corrected chi connectivity index (χ2v) is 3.87. The van der Waals surface area contributed by atoms with Crippen LogP contribution in [0.15, 0.2) is 30.5 Å². The number of carbonyl (C=O) groups excluding carboxylic acids is 1. The second-order valence-electron chi connectivity index (χ2n) is 3.43. The molecule has 1 aromatic carbocycles. The number of imidazole rings is 1. The van der Waals surface area contributed by atoms with Crippen molar-refractivity contribution in [3.05, 3.63) is 41.2 Å². The first-order valence-corrected chi connectivity index (χ1v) is 5.05. The van der Waals surface area contributed by atoms with Crippen molar-refractivity contribution in [2.24, 2.45) is 12.8 Å².